The first-order valence-electron chi connectivity index (χ1n) is 10.8. The third-order valence-electron chi connectivity index (χ3n) is 5.99. The summed E-state index contributed by atoms with van der Waals surface area (Å²) in [4.78, 5) is 25.0. The molecule has 2 heterocycles. The first-order valence-corrected chi connectivity index (χ1v) is 12.2. The highest BCUT2D eigenvalue weighted by Crippen LogP contribution is 2.37. The number of ketones is 1. The van der Waals surface area contributed by atoms with Crippen LogP contribution in [0.1, 0.15) is 38.8 Å². The minimum absolute atomic E-state index is 0.0443. The zero-order chi connectivity index (χ0) is 23.9. The average molecular weight is 479 g/mol. The minimum Gasteiger partial charge on any atom is -0.454 e. The second kappa shape index (κ2) is 8.58. The predicted octanol–water partition coefficient (Wildman–Crippen LogP) is 3.62. The predicted molar refractivity (Wildman–Crippen MR) is 125 cm³/mol. The van der Waals surface area contributed by atoms with Crippen LogP contribution in [0.4, 0.5) is 5.69 Å². The highest BCUT2D eigenvalue weighted by atomic mass is 32.2. The summed E-state index contributed by atoms with van der Waals surface area (Å²) in [7, 11) is -3.70. The maximum absolute atomic E-state index is 13.2. The smallest absolute Gasteiger partial charge is 0.255 e. The molecule has 3 aromatic carbocycles. The van der Waals surface area contributed by atoms with E-state index in [0.29, 0.717) is 42.3 Å². The Morgan fingerprint density at radius 1 is 0.941 bits per heavy atom. The normalized spacial score (nSPS) is 15.0. The van der Waals surface area contributed by atoms with Crippen molar-refractivity contribution in [2.45, 2.75) is 24.8 Å². The number of hydrogen-bond acceptors (Lipinski definition) is 6. The van der Waals surface area contributed by atoms with Gasteiger partial charge >= 0.3 is 0 Å². The first kappa shape index (κ1) is 22.1. The fourth-order valence-corrected chi connectivity index (χ4v) is 5.55. The fourth-order valence-electron chi connectivity index (χ4n) is 4.13. The standard InChI is InChI=1S/C25H22N2O6S/c1-16(28)21-12-23-24(33-15-32-23)13-22(21)26-25(29)18-6-8-20(9-7-18)34(30,31)27-11-10-17-4-2-3-5-19(17)14-27/h2-9,12-13H,10-11,14-15H2,1H3,(H,26,29). The van der Waals surface area contributed by atoms with Crippen molar-refractivity contribution in [3.05, 3.63) is 82.9 Å². The molecule has 0 spiro atoms. The number of Topliss-reactive ketones (excluding diaryl/α,β-unsaturated/α-hetero) is 1. The van der Waals surface area contributed by atoms with Crippen molar-refractivity contribution < 1.29 is 27.5 Å². The van der Waals surface area contributed by atoms with Gasteiger partial charge in [0.1, 0.15) is 0 Å². The van der Waals surface area contributed by atoms with Crippen LogP contribution in [-0.4, -0.2) is 37.8 Å². The Bertz CT molecular complexity index is 1400. The third-order valence-corrected chi connectivity index (χ3v) is 7.85. The van der Waals surface area contributed by atoms with Crippen molar-refractivity contribution in [2.24, 2.45) is 0 Å². The van der Waals surface area contributed by atoms with E-state index in [2.05, 4.69) is 5.32 Å². The average Bonchev–Trinajstić information content (AvgIpc) is 3.30. The molecule has 0 bridgehead atoms. The maximum Gasteiger partial charge on any atom is 0.255 e. The molecule has 0 atom stereocenters. The second-order valence-corrected chi connectivity index (χ2v) is 10.1. The molecule has 0 aliphatic carbocycles. The lowest BCUT2D eigenvalue weighted by molar-refractivity contribution is 0.101. The Kier molecular flexibility index (Phi) is 5.59. The largest absolute Gasteiger partial charge is 0.454 e. The van der Waals surface area contributed by atoms with Gasteiger partial charge in [-0.3, -0.25) is 9.59 Å². The lowest BCUT2D eigenvalue weighted by atomic mass is 10.0. The van der Waals surface area contributed by atoms with Crippen molar-refractivity contribution >= 4 is 27.4 Å². The first-order chi connectivity index (χ1) is 16.3. The van der Waals surface area contributed by atoms with E-state index in [4.69, 9.17) is 9.47 Å². The molecule has 1 N–H and O–H groups in total. The van der Waals surface area contributed by atoms with Crippen molar-refractivity contribution in [1.82, 2.24) is 4.31 Å². The van der Waals surface area contributed by atoms with Gasteiger partial charge in [0.05, 0.1) is 10.6 Å². The number of anilines is 1. The monoisotopic (exact) mass is 478 g/mol. The number of carbonyl (C=O) groups excluding carboxylic acids is 2. The molecule has 174 valence electrons. The van der Waals surface area contributed by atoms with Gasteiger partial charge in [-0.05, 0) is 54.8 Å². The third kappa shape index (κ3) is 4.04. The topological polar surface area (TPSA) is 102 Å². The van der Waals surface area contributed by atoms with Crippen LogP contribution in [0.3, 0.4) is 0 Å². The Morgan fingerprint density at radius 3 is 2.32 bits per heavy atom. The van der Waals surface area contributed by atoms with E-state index < -0.39 is 15.9 Å². The quantitative estimate of drug-likeness (QED) is 0.562. The van der Waals surface area contributed by atoms with E-state index >= 15 is 0 Å². The van der Waals surface area contributed by atoms with Gasteiger partial charge in [-0.1, -0.05) is 24.3 Å². The molecule has 2 aliphatic heterocycles. The van der Waals surface area contributed by atoms with Crippen molar-refractivity contribution in [1.29, 1.82) is 0 Å². The van der Waals surface area contributed by atoms with Crippen LogP contribution in [-0.2, 0) is 23.0 Å². The summed E-state index contributed by atoms with van der Waals surface area (Å²) in [6.45, 7) is 2.16. The van der Waals surface area contributed by atoms with Crippen LogP contribution in [0.15, 0.2) is 65.6 Å². The van der Waals surface area contributed by atoms with Crippen LogP contribution >= 0.6 is 0 Å². The molecule has 0 fully saturated rings. The zero-order valence-electron chi connectivity index (χ0n) is 18.4. The molecule has 2 aliphatic rings. The van der Waals surface area contributed by atoms with Gasteiger partial charge in [-0.25, -0.2) is 8.42 Å². The fraction of sp³-hybridized carbons (Fsp3) is 0.200. The van der Waals surface area contributed by atoms with Crippen LogP contribution in [0.2, 0.25) is 0 Å². The number of amides is 1. The molecular weight excluding hydrogens is 456 g/mol. The number of ether oxygens (including phenoxy) is 2. The van der Waals surface area contributed by atoms with Crippen molar-refractivity contribution in [2.75, 3.05) is 18.7 Å². The Labute approximate surface area is 197 Å². The van der Waals surface area contributed by atoms with Gasteiger partial charge in [0.25, 0.3) is 5.91 Å². The lowest BCUT2D eigenvalue weighted by Crippen LogP contribution is -2.35. The number of fused-ring (bicyclic) bond motifs is 2. The summed E-state index contributed by atoms with van der Waals surface area (Å²) in [5.74, 6) is 0.165. The number of nitrogens with one attached hydrogen (secondary N) is 1. The van der Waals surface area contributed by atoms with E-state index in [0.717, 1.165) is 11.1 Å². The Hall–Kier alpha value is -3.69. The summed E-state index contributed by atoms with van der Waals surface area (Å²) in [6.07, 6.45) is 0.657. The minimum atomic E-state index is -3.70. The molecule has 0 aromatic heterocycles. The molecule has 0 saturated carbocycles. The van der Waals surface area contributed by atoms with Crippen LogP contribution in [0.25, 0.3) is 0 Å². The summed E-state index contributed by atoms with van der Waals surface area (Å²) >= 11 is 0. The number of sulfonamides is 1. The second-order valence-electron chi connectivity index (χ2n) is 8.14. The van der Waals surface area contributed by atoms with E-state index in [1.54, 1.807) is 6.07 Å². The van der Waals surface area contributed by atoms with E-state index in [9.17, 15) is 18.0 Å². The summed E-state index contributed by atoms with van der Waals surface area (Å²) < 4.78 is 38.4. The SMILES string of the molecule is CC(=O)c1cc2c(cc1NC(=O)c1ccc(S(=O)(=O)N3CCc4ccccc4C3)cc1)OCO2. The van der Waals surface area contributed by atoms with Gasteiger partial charge in [-0.2, -0.15) is 4.31 Å². The zero-order valence-corrected chi connectivity index (χ0v) is 19.2. The molecular formula is C25H22N2O6S. The molecule has 34 heavy (non-hydrogen) atoms. The van der Waals surface area contributed by atoms with Gasteiger partial charge in [0.2, 0.25) is 16.8 Å². The molecule has 0 saturated heterocycles. The Balaban J connectivity index is 1.35. The van der Waals surface area contributed by atoms with Crippen LogP contribution in [0.5, 0.6) is 11.5 Å². The van der Waals surface area contributed by atoms with Crippen LogP contribution in [0, 0.1) is 0 Å². The summed E-state index contributed by atoms with van der Waals surface area (Å²) in [5.41, 5.74) is 3.01. The highest BCUT2D eigenvalue weighted by Gasteiger charge is 2.28. The molecule has 5 rings (SSSR count). The van der Waals surface area contributed by atoms with Gasteiger partial charge in [0, 0.05) is 30.3 Å². The van der Waals surface area contributed by atoms with Gasteiger partial charge in [0.15, 0.2) is 17.3 Å². The number of carbonyl (C=O) groups is 2. The molecule has 3 aromatic rings. The number of benzene rings is 3. The van der Waals surface area contributed by atoms with E-state index in [1.807, 2.05) is 24.3 Å². The van der Waals surface area contributed by atoms with Gasteiger partial charge < -0.3 is 14.8 Å². The van der Waals surface area contributed by atoms with E-state index in [1.165, 1.54) is 41.6 Å². The van der Waals surface area contributed by atoms with Crippen molar-refractivity contribution in [3.63, 3.8) is 0 Å². The number of rotatable bonds is 5. The van der Waals surface area contributed by atoms with Crippen LogP contribution < -0.4 is 14.8 Å². The lowest BCUT2D eigenvalue weighted by Gasteiger charge is -2.28. The van der Waals surface area contributed by atoms with Gasteiger partial charge in [-0.15, -0.1) is 0 Å². The molecule has 0 radical (unpaired) electrons. The maximum atomic E-state index is 13.2. The van der Waals surface area contributed by atoms with Crippen molar-refractivity contribution in [3.8, 4) is 11.5 Å². The molecule has 8 nitrogen and oxygen atoms in total. The molecule has 1 amide bonds. The summed E-state index contributed by atoms with van der Waals surface area (Å²) in [6, 6.07) is 16.7. The number of hydrogen-bond donors (Lipinski definition) is 1. The highest BCUT2D eigenvalue weighted by molar-refractivity contribution is 7.89. The molecule has 9 heteroatoms. The summed E-state index contributed by atoms with van der Waals surface area (Å²) in [5, 5.41) is 2.72. The molecule has 0 unspecified atom stereocenters. The van der Waals surface area contributed by atoms with E-state index in [-0.39, 0.29) is 23.0 Å². The number of nitrogens with zero attached hydrogens (tertiary/aromatic N) is 1. The Morgan fingerprint density at radius 2 is 1.62 bits per heavy atom.